The van der Waals surface area contributed by atoms with E-state index in [1.54, 1.807) is 26.0 Å². The van der Waals surface area contributed by atoms with Crippen molar-refractivity contribution >= 4 is 15.6 Å². The zero-order valence-electron chi connectivity index (χ0n) is 13.2. The van der Waals surface area contributed by atoms with Crippen LogP contribution in [0.15, 0.2) is 29.2 Å². The number of carbonyl (C=O) groups excluding carboxylic acids is 1. The van der Waals surface area contributed by atoms with Crippen molar-refractivity contribution in [2.24, 2.45) is 0 Å². The second-order valence-corrected chi connectivity index (χ2v) is 8.39. The lowest BCUT2D eigenvalue weighted by Gasteiger charge is -2.26. The number of ketones is 1. The minimum Gasteiger partial charge on any atom is -0.314 e. The summed E-state index contributed by atoms with van der Waals surface area (Å²) in [5.41, 5.74) is 0.581. The Morgan fingerprint density at radius 3 is 2.32 bits per heavy atom. The van der Waals surface area contributed by atoms with Crippen molar-refractivity contribution in [3.63, 3.8) is 0 Å². The molecule has 1 aromatic rings. The number of carbonyl (C=O) groups is 1. The highest BCUT2D eigenvalue weighted by atomic mass is 32.2. The monoisotopic (exact) mass is 324 g/mol. The van der Waals surface area contributed by atoms with Crippen LogP contribution in [0.25, 0.3) is 0 Å². The van der Waals surface area contributed by atoms with Crippen molar-refractivity contribution in [2.45, 2.75) is 30.4 Å². The van der Waals surface area contributed by atoms with Crippen molar-refractivity contribution in [1.29, 1.82) is 0 Å². The second-order valence-electron chi connectivity index (χ2n) is 5.88. The molecule has 122 valence electrons. The Kier molecular flexibility index (Phi) is 5.72. The van der Waals surface area contributed by atoms with Gasteiger partial charge in [-0.15, -0.1) is 0 Å². The Labute approximate surface area is 132 Å². The van der Waals surface area contributed by atoms with Crippen LogP contribution >= 0.6 is 0 Å². The van der Waals surface area contributed by atoms with Crippen LogP contribution in [0.2, 0.25) is 0 Å². The van der Waals surface area contributed by atoms with E-state index in [0.717, 1.165) is 32.7 Å². The van der Waals surface area contributed by atoms with E-state index in [1.165, 1.54) is 12.1 Å². The van der Waals surface area contributed by atoms with Crippen molar-refractivity contribution in [2.75, 3.05) is 32.7 Å². The zero-order chi connectivity index (χ0) is 16.2. The number of Topliss-reactive ketones (excluding diaryl/α,β-unsaturated/α-hetero) is 1. The molecule has 0 radical (unpaired) electrons. The van der Waals surface area contributed by atoms with Gasteiger partial charge in [0.1, 0.15) is 0 Å². The maximum absolute atomic E-state index is 12.2. The van der Waals surface area contributed by atoms with Gasteiger partial charge in [0, 0.05) is 44.7 Å². The van der Waals surface area contributed by atoms with E-state index < -0.39 is 15.1 Å². The van der Waals surface area contributed by atoms with Crippen LogP contribution in [-0.2, 0) is 9.84 Å². The van der Waals surface area contributed by atoms with E-state index in [2.05, 4.69) is 10.2 Å². The number of hydrogen-bond donors (Lipinski definition) is 1. The second kappa shape index (κ2) is 7.35. The molecule has 6 heteroatoms. The lowest BCUT2D eigenvalue weighted by atomic mass is 10.1. The van der Waals surface area contributed by atoms with Gasteiger partial charge in [-0.25, -0.2) is 8.42 Å². The molecule has 22 heavy (non-hydrogen) atoms. The minimum absolute atomic E-state index is 0.0621. The van der Waals surface area contributed by atoms with Crippen LogP contribution in [0.4, 0.5) is 0 Å². The van der Waals surface area contributed by atoms with Crippen LogP contribution in [0.3, 0.4) is 0 Å². The lowest BCUT2D eigenvalue weighted by molar-refractivity contribution is 0.0960. The molecule has 0 spiro atoms. The van der Waals surface area contributed by atoms with Gasteiger partial charge in [-0.1, -0.05) is 12.1 Å². The molecular weight excluding hydrogens is 300 g/mol. The third-order valence-corrected chi connectivity index (χ3v) is 6.16. The summed E-state index contributed by atoms with van der Waals surface area (Å²) >= 11 is 0. The van der Waals surface area contributed by atoms with E-state index >= 15 is 0 Å². The fraction of sp³-hybridized carbons (Fsp3) is 0.562. The first kappa shape index (κ1) is 17.1. The van der Waals surface area contributed by atoms with Crippen molar-refractivity contribution in [1.82, 2.24) is 10.2 Å². The van der Waals surface area contributed by atoms with E-state index in [9.17, 15) is 13.2 Å². The highest BCUT2D eigenvalue weighted by Gasteiger charge is 2.19. The summed E-state index contributed by atoms with van der Waals surface area (Å²) in [4.78, 5) is 14.7. The normalized spacial score (nSPS) is 16.9. The Hall–Kier alpha value is -1.24. The number of benzene rings is 1. The van der Waals surface area contributed by atoms with Gasteiger partial charge in [0.05, 0.1) is 10.1 Å². The van der Waals surface area contributed by atoms with E-state index in [1.807, 2.05) is 0 Å². The summed E-state index contributed by atoms with van der Waals surface area (Å²) in [6, 6.07) is 6.31. The van der Waals surface area contributed by atoms with Crippen LogP contribution in [0.5, 0.6) is 0 Å². The highest BCUT2D eigenvalue weighted by Crippen LogP contribution is 2.17. The van der Waals surface area contributed by atoms with E-state index in [0.29, 0.717) is 12.0 Å². The molecule has 0 saturated carbocycles. The highest BCUT2D eigenvalue weighted by molar-refractivity contribution is 7.92. The molecule has 0 bridgehead atoms. The molecule has 1 fully saturated rings. The molecule has 1 saturated heterocycles. The van der Waals surface area contributed by atoms with Gasteiger partial charge in [-0.2, -0.15) is 0 Å². The zero-order valence-corrected chi connectivity index (χ0v) is 14.0. The van der Waals surface area contributed by atoms with Gasteiger partial charge >= 0.3 is 0 Å². The summed E-state index contributed by atoms with van der Waals surface area (Å²) in [5.74, 6) is 0.0621. The first-order valence-electron chi connectivity index (χ1n) is 7.71. The Morgan fingerprint density at radius 2 is 1.77 bits per heavy atom. The Bertz CT molecular complexity index is 603. The average molecular weight is 324 g/mol. The predicted octanol–water partition coefficient (Wildman–Crippen LogP) is 1.35. The Balaban J connectivity index is 1.96. The standard InChI is InChI=1S/C16H24N2O3S/c1-13(2)22(20,21)15-5-3-14(4-6-15)16(19)7-10-18-11-8-17-9-12-18/h3-6,13,17H,7-12H2,1-2H3. The Morgan fingerprint density at radius 1 is 1.18 bits per heavy atom. The number of rotatable bonds is 6. The van der Waals surface area contributed by atoms with Gasteiger partial charge in [-0.05, 0) is 26.0 Å². The smallest absolute Gasteiger partial charge is 0.180 e. The fourth-order valence-electron chi connectivity index (χ4n) is 2.44. The van der Waals surface area contributed by atoms with Crippen molar-refractivity contribution in [3.8, 4) is 0 Å². The first-order valence-corrected chi connectivity index (χ1v) is 9.26. The molecule has 1 N–H and O–H groups in total. The summed E-state index contributed by atoms with van der Waals surface area (Å²) in [7, 11) is -3.28. The molecule has 2 rings (SSSR count). The van der Waals surface area contributed by atoms with E-state index in [-0.39, 0.29) is 10.7 Å². The molecule has 0 aliphatic carbocycles. The topological polar surface area (TPSA) is 66.5 Å². The maximum Gasteiger partial charge on any atom is 0.180 e. The van der Waals surface area contributed by atoms with Crippen molar-refractivity contribution in [3.05, 3.63) is 29.8 Å². The lowest BCUT2D eigenvalue weighted by Crippen LogP contribution is -2.44. The number of piperazine rings is 1. The molecule has 1 aliphatic rings. The third-order valence-electron chi connectivity index (χ3n) is 3.99. The van der Waals surface area contributed by atoms with Gasteiger partial charge in [0.15, 0.2) is 15.6 Å². The third kappa shape index (κ3) is 4.15. The molecular formula is C16H24N2O3S. The largest absolute Gasteiger partial charge is 0.314 e. The molecule has 0 amide bonds. The van der Waals surface area contributed by atoms with Gasteiger partial charge < -0.3 is 10.2 Å². The molecule has 1 heterocycles. The van der Waals surface area contributed by atoms with Crippen LogP contribution in [-0.4, -0.2) is 57.1 Å². The first-order chi connectivity index (χ1) is 10.4. The number of nitrogens with one attached hydrogen (secondary N) is 1. The molecule has 0 aromatic heterocycles. The number of hydrogen-bond acceptors (Lipinski definition) is 5. The van der Waals surface area contributed by atoms with Crippen LogP contribution < -0.4 is 5.32 Å². The number of sulfone groups is 1. The molecule has 0 unspecified atom stereocenters. The summed E-state index contributed by atoms with van der Waals surface area (Å²) in [6.45, 7) is 7.94. The van der Waals surface area contributed by atoms with Gasteiger partial charge in [0.25, 0.3) is 0 Å². The summed E-state index contributed by atoms with van der Waals surface area (Å²) < 4.78 is 24.1. The van der Waals surface area contributed by atoms with Crippen molar-refractivity contribution < 1.29 is 13.2 Å². The molecule has 1 aliphatic heterocycles. The van der Waals surface area contributed by atoms with Crippen LogP contribution in [0.1, 0.15) is 30.6 Å². The predicted molar refractivity (Wildman–Crippen MR) is 87.0 cm³/mol. The quantitative estimate of drug-likeness (QED) is 0.800. The average Bonchev–Trinajstić information content (AvgIpc) is 2.53. The molecule has 1 aromatic carbocycles. The van der Waals surface area contributed by atoms with Gasteiger partial charge in [-0.3, -0.25) is 4.79 Å². The SMILES string of the molecule is CC(C)S(=O)(=O)c1ccc(C(=O)CCN2CCNCC2)cc1. The minimum atomic E-state index is -3.28. The van der Waals surface area contributed by atoms with Gasteiger partial charge in [0.2, 0.25) is 0 Å². The van der Waals surface area contributed by atoms with E-state index in [4.69, 9.17) is 0 Å². The molecule has 0 atom stereocenters. The number of nitrogens with zero attached hydrogens (tertiary/aromatic N) is 1. The fourth-order valence-corrected chi connectivity index (χ4v) is 3.50. The summed E-state index contributed by atoms with van der Waals surface area (Å²) in [6.07, 6.45) is 0.469. The molecule has 5 nitrogen and oxygen atoms in total. The summed E-state index contributed by atoms with van der Waals surface area (Å²) in [5, 5.41) is 2.82. The van der Waals surface area contributed by atoms with Crippen LogP contribution in [0, 0.1) is 0 Å². The maximum atomic E-state index is 12.2.